The molecular weight excluding hydrogens is 196 g/mol. The average molecular weight is 224 g/mol. The molecule has 0 spiro atoms. The monoisotopic (exact) mass is 224 g/mol. The van der Waals surface area contributed by atoms with Crippen LogP contribution in [0.2, 0.25) is 0 Å². The van der Waals surface area contributed by atoms with Crippen LogP contribution in [0.5, 0.6) is 0 Å². The Morgan fingerprint density at radius 1 is 1.31 bits per heavy atom. The van der Waals surface area contributed by atoms with Gasteiger partial charge in [0.05, 0.1) is 0 Å². The molecule has 94 valence electrons. The Labute approximate surface area is 101 Å². The van der Waals surface area contributed by atoms with Crippen LogP contribution in [0.1, 0.15) is 52.9 Å². The Morgan fingerprint density at radius 3 is 2.62 bits per heavy atom. The van der Waals surface area contributed by atoms with Crippen molar-refractivity contribution in [1.82, 2.24) is 10.2 Å². The molecule has 2 nitrogen and oxygen atoms in total. The number of nitrogens with zero attached hydrogens (tertiary/aromatic N) is 1. The van der Waals surface area contributed by atoms with Crippen molar-refractivity contribution in [2.45, 2.75) is 64.5 Å². The smallest absolute Gasteiger partial charge is 0.0278 e. The van der Waals surface area contributed by atoms with E-state index in [1.54, 1.807) is 0 Å². The summed E-state index contributed by atoms with van der Waals surface area (Å²) in [7, 11) is 0. The Hall–Kier alpha value is -0.0800. The minimum Gasteiger partial charge on any atom is -0.309 e. The number of unbranched alkanes of at least 4 members (excludes halogenated alkanes) is 1. The fourth-order valence-electron chi connectivity index (χ4n) is 2.89. The van der Waals surface area contributed by atoms with Gasteiger partial charge >= 0.3 is 0 Å². The van der Waals surface area contributed by atoms with E-state index in [9.17, 15) is 0 Å². The van der Waals surface area contributed by atoms with Crippen LogP contribution < -0.4 is 5.32 Å². The molecule has 2 unspecified atom stereocenters. The van der Waals surface area contributed by atoms with Gasteiger partial charge in [0.2, 0.25) is 0 Å². The lowest BCUT2D eigenvalue weighted by Crippen LogP contribution is -2.63. The summed E-state index contributed by atoms with van der Waals surface area (Å²) in [6, 6.07) is 0.839. The number of nitrogens with one attached hydrogen (secondary N) is 1. The third-order valence-corrected chi connectivity index (χ3v) is 4.50. The van der Waals surface area contributed by atoms with Gasteiger partial charge in [-0.05, 0) is 45.1 Å². The van der Waals surface area contributed by atoms with E-state index in [2.05, 4.69) is 31.0 Å². The molecule has 2 atom stereocenters. The molecule has 0 aromatic heterocycles. The lowest BCUT2D eigenvalue weighted by Gasteiger charge is -2.46. The molecule has 0 bridgehead atoms. The first-order valence-corrected chi connectivity index (χ1v) is 7.17. The lowest BCUT2D eigenvalue weighted by molar-refractivity contribution is 0.0716. The van der Waals surface area contributed by atoms with Crippen molar-refractivity contribution < 1.29 is 0 Å². The quantitative estimate of drug-likeness (QED) is 0.772. The minimum atomic E-state index is 0.360. The van der Waals surface area contributed by atoms with E-state index in [4.69, 9.17) is 0 Å². The Bertz CT molecular complexity index is 225. The van der Waals surface area contributed by atoms with Gasteiger partial charge in [-0.25, -0.2) is 0 Å². The minimum absolute atomic E-state index is 0.360. The zero-order valence-corrected chi connectivity index (χ0v) is 11.3. The number of rotatable bonds is 5. The molecule has 2 fully saturated rings. The highest BCUT2D eigenvalue weighted by atomic mass is 15.3. The van der Waals surface area contributed by atoms with Crippen LogP contribution in [-0.4, -0.2) is 36.1 Å². The van der Waals surface area contributed by atoms with Gasteiger partial charge in [0, 0.05) is 24.7 Å². The average Bonchev–Trinajstić information content (AvgIpc) is 3.10. The summed E-state index contributed by atoms with van der Waals surface area (Å²) in [5.74, 6) is 1.01. The van der Waals surface area contributed by atoms with Gasteiger partial charge in [-0.3, -0.25) is 4.90 Å². The molecule has 1 saturated carbocycles. The number of hydrogen-bond acceptors (Lipinski definition) is 2. The van der Waals surface area contributed by atoms with Gasteiger partial charge < -0.3 is 5.32 Å². The van der Waals surface area contributed by atoms with Crippen molar-refractivity contribution >= 4 is 0 Å². The Kier molecular flexibility index (Phi) is 3.91. The molecule has 0 aromatic rings. The van der Waals surface area contributed by atoms with Gasteiger partial charge in [0.15, 0.2) is 0 Å². The highest BCUT2D eigenvalue weighted by Gasteiger charge is 2.41. The maximum Gasteiger partial charge on any atom is 0.0278 e. The standard InChI is InChI=1S/C14H28N2/c1-4-6-9-16-11-14(3,5-2)15-10-13(16)12-7-8-12/h12-13,15H,4-11H2,1-3H3. The predicted molar refractivity (Wildman–Crippen MR) is 69.7 cm³/mol. The van der Waals surface area contributed by atoms with Crippen molar-refractivity contribution in [3.05, 3.63) is 0 Å². The molecule has 1 aliphatic carbocycles. The maximum atomic E-state index is 3.78. The summed E-state index contributed by atoms with van der Waals surface area (Å²) in [4.78, 5) is 2.78. The topological polar surface area (TPSA) is 15.3 Å². The van der Waals surface area contributed by atoms with Crippen molar-refractivity contribution in [1.29, 1.82) is 0 Å². The second kappa shape index (κ2) is 5.05. The van der Waals surface area contributed by atoms with Crippen molar-refractivity contribution in [3.63, 3.8) is 0 Å². The molecule has 0 amide bonds. The third-order valence-electron chi connectivity index (χ3n) is 4.50. The van der Waals surface area contributed by atoms with Gasteiger partial charge in [-0.1, -0.05) is 20.3 Å². The lowest BCUT2D eigenvalue weighted by atomic mass is 9.92. The fourth-order valence-corrected chi connectivity index (χ4v) is 2.89. The summed E-state index contributed by atoms with van der Waals surface area (Å²) in [6.45, 7) is 10.8. The van der Waals surface area contributed by atoms with Crippen LogP contribution in [0.4, 0.5) is 0 Å². The molecular formula is C14H28N2. The third kappa shape index (κ3) is 2.78. The van der Waals surface area contributed by atoms with E-state index in [0.29, 0.717) is 5.54 Å². The van der Waals surface area contributed by atoms with E-state index in [-0.39, 0.29) is 0 Å². The highest BCUT2D eigenvalue weighted by molar-refractivity contribution is 4.99. The van der Waals surface area contributed by atoms with Crippen molar-refractivity contribution in [2.24, 2.45) is 5.92 Å². The van der Waals surface area contributed by atoms with Crippen LogP contribution >= 0.6 is 0 Å². The first-order valence-electron chi connectivity index (χ1n) is 7.17. The van der Waals surface area contributed by atoms with Crippen LogP contribution in [-0.2, 0) is 0 Å². The van der Waals surface area contributed by atoms with Crippen LogP contribution in [0, 0.1) is 5.92 Å². The molecule has 2 rings (SSSR count). The van der Waals surface area contributed by atoms with Crippen LogP contribution in [0.3, 0.4) is 0 Å². The van der Waals surface area contributed by atoms with E-state index in [0.717, 1.165) is 12.0 Å². The summed E-state index contributed by atoms with van der Waals surface area (Å²) in [5.41, 5.74) is 0.360. The Morgan fingerprint density at radius 2 is 2.06 bits per heavy atom. The normalized spacial score (nSPS) is 36.6. The summed E-state index contributed by atoms with van der Waals surface area (Å²) in [5, 5.41) is 3.78. The van der Waals surface area contributed by atoms with E-state index in [1.165, 1.54) is 51.7 Å². The van der Waals surface area contributed by atoms with Crippen LogP contribution in [0.15, 0.2) is 0 Å². The first kappa shape index (κ1) is 12.4. The van der Waals surface area contributed by atoms with Crippen molar-refractivity contribution in [2.75, 3.05) is 19.6 Å². The second-order valence-corrected chi connectivity index (χ2v) is 6.02. The summed E-state index contributed by atoms with van der Waals surface area (Å²) in [6.07, 6.45) is 6.87. The molecule has 0 aromatic carbocycles. The molecule has 1 N–H and O–H groups in total. The van der Waals surface area contributed by atoms with E-state index >= 15 is 0 Å². The summed E-state index contributed by atoms with van der Waals surface area (Å²) >= 11 is 0. The molecule has 1 aliphatic heterocycles. The molecule has 16 heavy (non-hydrogen) atoms. The van der Waals surface area contributed by atoms with Gasteiger partial charge in [-0.15, -0.1) is 0 Å². The molecule has 0 radical (unpaired) electrons. The molecule has 1 saturated heterocycles. The largest absolute Gasteiger partial charge is 0.309 e. The number of piperazine rings is 1. The fraction of sp³-hybridized carbons (Fsp3) is 1.00. The van der Waals surface area contributed by atoms with Crippen molar-refractivity contribution in [3.8, 4) is 0 Å². The first-order chi connectivity index (χ1) is 7.68. The maximum absolute atomic E-state index is 3.78. The predicted octanol–water partition coefficient (Wildman–Crippen LogP) is 2.64. The zero-order chi connectivity index (χ0) is 11.6. The van der Waals surface area contributed by atoms with E-state index in [1.807, 2.05) is 0 Å². The van der Waals surface area contributed by atoms with Gasteiger partial charge in [-0.2, -0.15) is 0 Å². The zero-order valence-electron chi connectivity index (χ0n) is 11.3. The SMILES string of the molecule is CCCCN1CC(C)(CC)NCC1C1CC1. The Balaban J connectivity index is 1.94. The summed E-state index contributed by atoms with van der Waals surface area (Å²) < 4.78 is 0. The highest BCUT2D eigenvalue weighted by Crippen LogP contribution is 2.37. The van der Waals surface area contributed by atoms with Gasteiger partial charge in [0.1, 0.15) is 0 Å². The van der Waals surface area contributed by atoms with E-state index < -0.39 is 0 Å². The van der Waals surface area contributed by atoms with Gasteiger partial charge in [0.25, 0.3) is 0 Å². The molecule has 1 heterocycles. The van der Waals surface area contributed by atoms with Crippen LogP contribution in [0.25, 0.3) is 0 Å². The second-order valence-electron chi connectivity index (χ2n) is 6.02. The molecule has 2 aliphatic rings. The molecule has 2 heteroatoms. The number of hydrogen-bond donors (Lipinski definition) is 1.